The summed E-state index contributed by atoms with van der Waals surface area (Å²) in [6, 6.07) is 4.19. The first kappa shape index (κ1) is 12.2. The molecule has 2 aliphatic heterocycles. The van der Waals surface area contributed by atoms with Crippen molar-refractivity contribution in [3.05, 3.63) is 28.3 Å². The van der Waals surface area contributed by atoms with Crippen LogP contribution in [0.5, 0.6) is 5.75 Å². The van der Waals surface area contributed by atoms with E-state index in [9.17, 15) is 0 Å². The fourth-order valence-corrected chi connectivity index (χ4v) is 2.88. The molecule has 0 bridgehead atoms. The first-order valence-electron chi connectivity index (χ1n) is 6.22. The van der Waals surface area contributed by atoms with Crippen molar-refractivity contribution >= 4 is 11.6 Å². The highest BCUT2D eigenvalue weighted by molar-refractivity contribution is 6.30. The second-order valence-electron chi connectivity index (χ2n) is 4.95. The minimum absolute atomic E-state index is 0.296. The predicted molar refractivity (Wildman–Crippen MR) is 69.6 cm³/mol. The van der Waals surface area contributed by atoms with Crippen LogP contribution in [-0.2, 0) is 17.9 Å². The van der Waals surface area contributed by atoms with E-state index in [0.29, 0.717) is 19.4 Å². The predicted octanol–water partition coefficient (Wildman–Crippen LogP) is 1.74. The van der Waals surface area contributed by atoms with Gasteiger partial charge < -0.3 is 15.2 Å². The molecule has 2 aliphatic rings. The SMILES string of the molecule is N[C@@H]1CCN(Cc2cc(Cl)cc3c2OCOC3)C1. The maximum absolute atomic E-state index is 6.14. The van der Waals surface area contributed by atoms with E-state index in [2.05, 4.69) is 4.90 Å². The van der Waals surface area contributed by atoms with Crippen LogP contribution in [0.3, 0.4) is 0 Å². The molecule has 1 aromatic carbocycles. The molecule has 0 unspecified atom stereocenters. The van der Waals surface area contributed by atoms with Gasteiger partial charge in [0.2, 0.25) is 0 Å². The van der Waals surface area contributed by atoms with Gasteiger partial charge in [0.05, 0.1) is 6.61 Å². The molecule has 4 nitrogen and oxygen atoms in total. The summed E-state index contributed by atoms with van der Waals surface area (Å²) in [5.74, 6) is 0.936. The molecule has 2 N–H and O–H groups in total. The van der Waals surface area contributed by atoms with Crippen LogP contribution in [0, 0.1) is 0 Å². The van der Waals surface area contributed by atoms with Gasteiger partial charge in [-0.1, -0.05) is 11.6 Å². The van der Waals surface area contributed by atoms with Crippen molar-refractivity contribution in [1.82, 2.24) is 4.90 Å². The van der Waals surface area contributed by atoms with Crippen LogP contribution in [0.25, 0.3) is 0 Å². The van der Waals surface area contributed by atoms with Gasteiger partial charge in [-0.25, -0.2) is 0 Å². The van der Waals surface area contributed by atoms with Crippen LogP contribution >= 0.6 is 11.6 Å². The maximum atomic E-state index is 6.14. The lowest BCUT2D eigenvalue weighted by molar-refractivity contribution is -0.0174. The zero-order chi connectivity index (χ0) is 12.5. The van der Waals surface area contributed by atoms with Crippen LogP contribution in [0.1, 0.15) is 17.5 Å². The molecule has 1 aromatic rings. The Morgan fingerprint density at radius 1 is 1.44 bits per heavy atom. The van der Waals surface area contributed by atoms with E-state index in [0.717, 1.165) is 48.0 Å². The minimum Gasteiger partial charge on any atom is -0.467 e. The number of rotatable bonds is 2. The molecule has 3 rings (SSSR count). The van der Waals surface area contributed by atoms with Crippen molar-refractivity contribution < 1.29 is 9.47 Å². The molecule has 0 amide bonds. The van der Waals surface area contributed by atoms with Gasteiger partial charge in [-0.05, 0) is 18.6 Å². The summed E-state index contributed by atoms with van der Waals surface area (Å²) < 4.78 is 10.9. The molecule has 0 aromatic heterocycles. The molecular formula is C13H17ClN2O2. The number of likely N-dealkylation sites (tertiary alicyclic amines) is 1. The maximum Gasteiger partial charge on any atom is 0.189 e. The zero-order valence-corrected chi connectivity index (χ0v) is 10.9. The molecule has 98 valence electrons. The standard InChI is InChI=1S/C13H17ClN2O2/c14-11-3-9(5-16-2-1-12(15)6-16)13-10(4-11)7-17-8-18-13/h3-4,12H,1-2,5-8,15H2/t12-/m1/s1. The van der Waals surface area contributed by atoms with E-state index in [1.54, 1.807) is 0 Å². The van der Waals surface area contributed by atoms with Crippen molar-refractivity contribution in [2.75, 3.05) is 19.9 Å². The normalized spacial score (nSPS) is 23.8. The number of ether oxygens (including phenoxy) is 2. The van der Waals surface area contributed by atoms with E-state index >= 15 is 0 Å². The molecule has 18 heavy (non-hydrogen) atoms. The van der Waals surface area contributed by atoms with Gasteiger partial charge in [0.25, 0.3) is 0 Å². The fourth-order valence-electron chi connectivity index (χ4n) is 2.62. The van der Waals surface area contributed by atoms with E-state index < -0.39 is 0 Å². The van der Waals surface area contributed by atoms with E-state index in [4.69, 9.17) is 26.8 Å². The Morgan fingerprint density at radius 2 is 2.33 bits per heavy atom. The van der Waals surface area contributed by atoms with Crippen LogP contribution in [0.15, 0.2) is 12.1 Å². The monoisotopic (exact) mass is 268 g/mol. The molecule has 2 heterocycles. The fraction of sp³-hybridized carbons (Fsp3) is 0.538. The third-order valence-electron chi connectivity index (χ3n) is 3.45. The zero-order valence-electron chi connectivity index (χ0n) is 10.2. The lowest BCUT2D eigenvalue weighted by atomic mass is 10.1. The Hall–Kier alpha value is -0.810. The Labute approximate surface area is 112 Å². The Bertz CT molecular complexity index is 453. The summed E-state index contributed by atoms with van der Waals surface area (Å²) in [5, 5.41) is 0.737. The van der Waals surface area contributed by atoms with Gasteiger partial charge in [0, 0.05) is 41.8 Å². The van der Waals surface area contributed by atoms with Gasteiger partial charge in [-0.2, -0.15) is 0 Å². The van der Waals surface area contributed by atoms with Crippen molar-refractivity contribution in [1.29, 1.82) is 0 Å². The average molecular weight is 269 g/mol. The van der Waals surface area contributed by atoms with Crippen molar-refractivity contribution in [2.24, 2.45) is 5.73 Å². The van der Waals surface area contributed by atoms with Gasteiger partial charge in [0.1, 0.15) is 5.75 Å². The van der Waals surface area contributed by atoms with Crippen molar-refractivity contribution in [2.45, 2.75) is 25.6 Å². The van der Waals surface area contributed by atoms with E-state index in [-0.39, 0.29) is 0 Å². The number of hydrogen-bond donors (Lipinski definition) is 1. The molecule has 1 atom stereocenters. The van der Waals surface area contributed by atoms with E-state index in [1.807, 2.05) is 12.1 Å². The Morgan fingerprint density at radius 3 is 3.11 bits per heavy atom. The highest BCUT2D eigenvalue weighted by atomic mass is 35.5. The van der Waals surface area contributed by atoms with E-state index in [1.165, 1.54) is 0 Å². The van der Waals surface area contributed by atoms with Crippen LogP contribution in [0.4, 0.5) is 0 Å². The Kier molecular flexibility index (Phi) is 3.43. The number of fused-ring (bicyclic) bond motifs is 1. The lowest BCUT2D eigenvalue weighted by Crippen LogP contribution is -2.26. The second-order valence-corrected chi connectivity index (χ2v) is 5.38. The molecular weight excluding hydrogens is 252 g/mol. The van der Waals surface area contributed by atoms with Crippen molar-refractivity contribution in [3.8, 4) is 5.75 Å². The molecule has 0 saturated carbocycles. The third-order valence-corrected chi connectivity index (χ3v) is 3.67. The second kappa shape index (κ2) is 5.05. The number of nitrogens with two attached hydrogens (primary N) is 1. The summed E-state index contributed by atoms with van der Waals surface area (Å²) in [5.41, 5.74) is 8.10. The highest BCUT2D eigenvalue weighted by Crippen LogP contribution is 2.32. The smallest absolute Gasteiger partial charge is 0.189 e. The summed E-state index contributed by atoms with van der Waals surface area (Å²) in [7, 11) is 0. The third kappa shape index (κ3) is 2.47. The first-order valence-corrected chi connectivity index (χ1v) is 6.60. The van der Waals surface area contributed by atoms with Gasteiger partial charge in [0.15, 0.2) is 6.79 Å². The Balaban J connectivity index is 1.84. The molecule has 0 radical (unpaired) electrons. The first-order chi connectivity index (χ1) is 8.72. The van der Waals surface area contributed by atoms with Gasteiger partial charge in [-0.15, -0.1) is 0 Å². The molecule has 0 spiro atoms. The minimum atomic E-state index is 0.296. The van der Waals surface area contributed by atoms with Crippen molar-refractivity contribution in [3.63, 3.8) is 0 Å². The summed E-state index contributed by atoms with van der Waals surface area (Å²) in [4.78, 5) is 2.34. The highest BCUT2D eigenvalue weighted by Gasteiger charge is 2.22. The largest absolute Gasteiger partial charge is 0.467 e. The summed E-state index contributed by atoms with van der Waals surface area (Å²) >= 11 is 6.14. The summed E-state index contributed by atoms with van der Waals surface area (Å²) in [6.45, 7) is 3.72. The quantitative estimate of drug-likeness (QED) is 0.888. The van der Waals surface area contributed by atoms with Gasteiger partial charge >= 0.3 is 0 Å². The van der Waals surface area contributed by atoms with Crippen LogP contribution in [-0.4, -0.2) is 30.8 Å². The molecule has 1 fully saturated rings. The topological polar surface area (TPSA) is 47.7 Å². The number of benzene rings is 1. The molecule has 5 heteroatoms. The summed E-state index contributed by atoms with van der Waals surface area (Å²) in [6.07, 6.45) is 1.06. The van der Waals surface area contributed by atoms with Crippen LogP contribution in [0.2, 0.25) is 5.02 Å². The van der Waals surface area contributed by atoms with Crippen LogP contribution < -0.4 is 10.5 Å². The number of halogens is 1. The van der Waals surface area contributed by atoms with Gasteiger partial charge in [-0.3, -0.25) is 4.90 Å². The molecule has 0 aliphatic carbocycles. The number of nitrogens with zero attached hydrogens (tertiary/aromatic N) is 1. The average Bonchev–Trinajstić information content (AvgIpc) is 2.74. The number of hydrogen-bond acceptors (Lipinski definition) is 4. The lowest BCUT2D eigenvalue weighted by Gasteiger charge is -2.23. The molecule has 1 saturated heterocycles.